The topological polar surface area (TPSA) is 61.0 Å². The SMILES string of the molecule is CCn1cc(CN2CCCN(c3ccnc(C#N)c3)CC2)cn1. The summed E-state index contributed by atoms with van der Waals surface area (Å²) in [6, 6.07) is 5.98. The molecule has 1 aliphatic heterocycles. The molecule has 0 spiro atoms. The van der Waals surface area contributed by atoms with Gasteiger partial charge in [-0.1, -0.05) is 0 Å². The van der Waals surface area contributed by atoms with Crippen molar-refractivity contribution >= 4 is 5.69 Å². The van der Waals surface area contributed by atoms with Gasteiger partial charge < -0.3 is 4.90 Å². The molecule has 1 fully saturated rings. The van der Waals surface area contributed by atoms with Gasteiger partial charge in [0.15, 0.2) is 0 Å². The van der Waals surface area contributed by atoms with Crippen LogP contribution in [-0.4, -0.2) is 45.8 Å². The van der Waals surface area contributed by atoms with E-state index in [9.17, 15) is 0 Å². The summed E-state index contributed by atoms with van der Waals surface area (Å²) in [5.74, 6) is 0. The van der Waals surface area contributed by atoms with Crippen LogP contribution in [0.2, 0.25) is 0 Å². The first kappa shape index (κ1) is 15.5. The van der Waals surface area contributed by atoms with Crippen molar-refractivity contribution in [1.82, 2.24) is 19.7 Å². The van der Waals surface area contributed by atoms with Crippen LogP contribution in [0.25, 0.3) is 0 Å². The molecule has 0 bridgehead atoms. The van der Waals surface area contributed by atoms with Gasteiger partial charge in [0.05, 0.1) is 6.20 Å². The second-order valence-electron chi connectivity index (χ2n) is 5.83. The number of hydrogen-bond acceptors (Lipinski definition) is 5. The molecule has 23 heavy (non-hydrogen) atoms. The Morgan fingerprint density at radius 1 is 1.26 bits per heavy atom. The summed E-state index contributed by atoms with van der Waals surface area (Å²) in [6.07, 6.45) is 6.93. The van der Waals surface area contributed by atoms with Crippen LogP contribution in [-0.2, 0) is 13.1 Å². The molecule has 0 aliphatic carbocycles. The highest BCUT2D eigenvalue weighted by Gasteiger charge is 2.16. The second-order valence-corrected chi connectivity index (χ2v) is 5.83. The molecule has 1 aliphatic rings. The van der Waals surface area contributed by atoms with Crippen LogP contribution in [0, 0.1) is 11.3 Å². The van der Waals surface area contributed by atoms with Crippen LogP contribution in [0.15, 0.2) is 30.7 Å². The molecule has 2 aromatic heterocycles. The molecule has 3 rings (SSSR count). The first-order valence-corrected chi connectivity index (χ1v) is 8.13. The van der Waals surface area contributed by atoms with Crippen molar-refractivity contribution in [1.29, 1.82) is 5.26 Å². The van der Waals surface area contributed by atoms with E-state index in [4.69, 9.17) is 5.26 Å². The Kier molecular flexibility index (Phi) is 4.89. The van der Waals surface area contributed by atoms with Gasteiger partial charge >= 0.3 is 0 Å². The third kappa shape index (κ3) is 3.88. The smallest absolute Gasteiger partial charge is 0.142 e. The fourth-order valence-electron chi connectivity index (χ4n) is 2.98. The summed E-state index contributed by atoms with van der Waals surface area (Å²) >= 11 is 0. The molecule has 0 unspecified atom stereocenters. The van der Waals surface area contributed by atoms with E-state index in [2.05, 4.69) is 39.1 Å². The number of nitriles is 1. The van der Waals surface area contributed by atoms with E-state index >= 15 is 0 Å². The van der Waals surface area contributed by atoms with Gasteiger partial charge in [-0.05, 0) is 25.5 Å². The molecule has 3 heterocycles. The number of pyridine rings is 1. The molecule has 0 atom stereocenters. The fraction of sp³-hybridized carbons (Fsp3) is 0.471. The van der Waals surface area contributed by atoms with Crippen molar-refractivity contribution in [2.45, 2.75) is 26.4 Å². The Bertz CT molecular complexity index is 686. The van der Waals surface area contributed by atoms with Gasteiger partial charge in [0.2, 0.25) is 0 Å². The van der Waals surface area contributed by atoms with Gasteiger partial charge in [-0.2, -0.15) is 10.4 Å². The highest BCUT2D eigenvalue weighted by molar-refractivity contribution is 5.48. The van der Waals surface area contributed by atoms with Crippen LogP contribution < -0.4 is 4.90 Å². The normalized spacial score (nSPS) is 16.1. The predicted molar refractivity (Wildman–Crippen MR) is 89.0 cm³/mol. The minimum absolute atomic E-state index is 0.482. The third-order valence-electron chi connectivity index (χ3n) is 4.23. The Morgan fingerprint density at radius 3 is 2.96 bits per heavy atom. The molecule has 0 saturated carbocycles. The molecule has 0 radical (unpaired) electrons. The molecule has 0 N–H and O–H groups in total. The van der Waals surface area contributed by atoms with E-state index in [-0.39, 0.29) is 0 Å². The van der Waals surface area contributed by atoms with Crippen LogP contribution in [0.5, 0.6) is 0 Å². The predicted octanol–water partition coefficient (Wildman–Crippen LogP) is 1.88. The summed E-state index contributed by atoms with van der Waals surface area (Å²) in [5, 5.41) is 13.3. The standard InChI is InChI=1S/C17H22N6/c1-2-23-14-15(12-20-23)13-21-6-3-7-22(9-8-21)17-4-5-19-16(10-17)11-18/h4-5,10,12,14H,2-3,6-9,13H2,1H3. The Labute approximate surface area is 137 Å². The average Bonchev–Trinajstić information content (AvgIpc) is 2.92. The van der Waals surface area contributed by atoms with Gasteiger partial charge in [-0.25, -0.2) is 4.98 Å². The first-order valence-electron chi connectivity index (χ1n) is 8.13. The lowest BCUT2D eigenvalue weighted by Gasteiger charge is -2.23. The fourth-order valence-corrected chi connectivity index (χ4v) is 2.98. The zero-order valence-corrected chi connectivity index (χ0v) is 13.5. The van der Waals surface area contributed by atoms with Crippen molar-refractivity contribution in [2.24, 2.45) is 0 Å². The van der Waals surface area contributed by atoms with Crippen molar-refractivity contribution in [3.63, 3.8) is 0 Å². The largest absolute Gasteiger partial charge is 0.370 e. The van der Waals surface area contributed by atoms with Crippen molar-refractivity contribution in [3.05, 3.63) is 42.0 Å². The summed E-state index contributed by atoms with van der Waals surface area (Å²) in [4.78, 5) is 8.87. The van der Waals surface area contributed by atoms with Gasteiger partial charge in [0.25, 0.3) is 0 Å². The second kappa shape index (κ2) is 7.25. The highest BCUT2D eigenvalue weighted by Crippen LogP contribution is 2.17. The van der Waals surface area contributed by atoms with Crippen LogP contribution in [0.1, 0.15) is 24.6 Å². The lowest BCUT2D eigenvalue weighted by atomic mass is 10.3. The summed E-state index contributed by atoms with van der Waals surface area (Å²) in [6.45, 7) is 8.05. The van der Waals surface area contributed by atoms with Crippen LogP contribution >= 0.6 is 0 Å². The molecule has 2 aromatic rings. The number of hydrogen-bond donors (Lipinski definition) is 0. The van der Waals surface area contributed by atoms with Gasteiger partial charge in [0.1, 0.15) is 11.8 Å². The summed E-state index contributed by atoms with van der Waals surface area (Å²) in [5.41, 5.74) is 2.85. The summed E-state index contributed by atoms with van der Waals surface area (Å²) in [7, 11) is 0. The van der Waals surface area contributed by atoms with Gasteiger partial charge in [-0.15, -0.1) is 0 Å². The lowest BCUT2D eigenvalue weighted by Crippen LogP contribution is -2.30. The molecular weight excluding hydrogens is 288 g/mol. The van der Waals surface area contributed by atoms with Crippen molar-refractivity contribution < 1.29 is 0 Å². The molecule has 6 heteroatoms. The number of aromatic nitrogens is 3. The minimum atomic E-state index is 0.482. The maximum Gasteiger partial charge on any atom is 0.142 e. The maximum absolute atomic E-state index is 9.00. The Morgan fingerprint density at radius 2 is 2.17 bits per heavy atom. The highest BCUT2D eigenvalue weighted by atomic mass is 15.3. The molecular formula is C17H22N6. The molecule has 0 aromatic carbocycles. The van der Waals surface area contributed by atoms with Crippen molar-refractivity contribution in [3.8, 4) is 6.07 Å². The van der Waals surface area contributed by atoms with E-state index in [0.717, 1.165) is 51.4 Å². The molecule has 0 amide bonds. The number of nitrogens with zero attached hydrogens (tertiary/aromatic N) is 6. The van der Waals surface area contributed by atoms with Crippen molar-refractivity contribution in [2.75, 3.05) is 31.1 Å². The van der Waals surface area contributed by atoms with E-state index in [1.165, 1.54) is 5.56 Å². The monoisotopic (exact) mass is 310 g/mol. The first-order chi connectivity index (χ1) is 11.3. The average molecular weight is 310 g/mol. The van der Waals surface area contributed by atoms with E-state index in [1.54, 1.807) is 6.20 Å². The number of rotatable bonds is 4. The maximum atomic E-state index is 9.00. The van der Waals surface area contributed by atoms with E-state index in [1.807, 2.05) is 23.0 Å². The van der Waals surface area contributed by atoms with Crippen LogP contribution in [0.3, 0.4) is 0 Å². The number of anilines is 1. The third-order valence-corrected chi connectivity index (χ3v) is 4.23. The zero-order valence-electron chi connectivity index (χ0n) is 13.5. The Balaban J connectivity index is 1.61. The number of aryl methyl sites for hydroxylation is 1. The van der Waals surface area contributed by atoms with E-state index in [0.29, 0.717) is 5.69 Å². The van der Waals surface area contributed by atoms with Gasteiger partial charge in [0, 0.05) is 62.9 Å². The molecule has 1 saturated heterocycles. The molecule has 6 nitrogen and oxygen atoms in total. The zero-order chi connectivity index (χ0) is 16.1. The van der Waals surface area contributed by atoms with E-state index < -0.39 is 0 Å². The van der Waals surface area contributed by atoms with Crippen LogP contribution in [0.4, 0.5) is 5.69 Å². The lowest BCUT2D eigenvalue weighted by molar-refractivity contribution is 0.285. The Hall–Kier alpha value is -2.39. The minimum Gasteiger partial charge on any atom is -0.370 e. The quantitative estimate of drug-likeness (QED) is 0.863. The summed E-state index contributed by atoms with van der Waals surface area (Å²) < 4.78 is 1.97. The van der Waals surface area contributed by atoms with Gasteiger partial charge in [-0.3, -0.25) is 9.58 Å². The molecule has 120 valence electrons.